The molecule has 1 aromatic heterocycles. The van der Waals surface area contributed by atoms with Crippen molar-refractivity contribution in [3.8, 4) is 22.9 Å². The Kier molecular flexibility index (Phi) is 7.97. The SMILES string of the molecule is CN=C(NCCc1nc(-c2ccc(Cl)cc2)no1)N(C)Cc1ccc2c(c1)OCO2.I. The van der Waals surface area contributed by atoms with E-state index in [2.05, 4.69) is 20.4 Å². The molecule has 0 spiro atoms. The van der Waals surface area contributed by atoms with Crippen molar-refractivity contribution in [2.75, 3.05) is 27.4 Å². The molecule has 10 heteroatoms. The van der Waals surface area contributed by atoms with Gasteiger partial charge >= 0.3 is 0 Å². The molecule has 4 rings (SSSR count). The Morgan fingerprint density at radius 1 is 1.16 bits per heavy atom. The number of nitrogens with zero attached hydrogens (tertiary/aromatic N) is 4. The summed E-state index contributed by atoms with van der Waals surface area (Å²) in [5.74, 6) is 3.43. The van der Waals surface area contributed by atoms with Gasteiger partial charge in [0.15, 0.2) is 17.5 Å². The Labute approximate surface area is 202 Å². The van der Waals surface area contributed by atoms with E-state index in [-0.39, 0.29) is 30.8 Å². The van der Waals surface area contributed by atoms with Crippen LogP contribution in [0.5, 0.6) is 11.5 Å². The normalized spacial score (nSPS) is 12.4. The minimum Gasteiger partial charge on any atom is -0.454 e. The van der Waals surface area contributed by atoms with Gasteiger partial charge in [-0.2, -0.15) is 4.98 Å². The number of aromatic nitrogens is 2. The topological polar surface area (TPSA) is 85.0 Å². The number of hydrogen-bond donors (Lipinski definition) is 1. The molecule has 31 heavy (non-hydrogen) atoms. The molecule has 0 fully saturated rings. The lowest BCUT2D eigenvalue weighted by atomic mass is 10.2. The van der Waals surface area contributed by atoms with Gasteiger partial charge in [0.2, 0.25) is 18.5 Å². The maximum atomic E-state index is 5.92. The lowest BCUT2D eigenvalue weighted by molar-refractivity contribution is 0.174. The van der Waals surface area contributed by atoms with Crippen molar-refractivity contribution in [2.45, 2.75) is 13.0 Å². The molecule has 0 bridgehead atoms. The van der Waals surface area contributed by atoms with Crippen LogP contribution in [0.4, 0.5) is 0 Å². The van der Waals surface area contributed by atoms with Gasteiger partial charge in [-0.1, -0.05) is 22.8 Å². The highest BCUT2D eigenvalue weighted by Crippen LogP contribution is 2.32. The van der Waals surface area contributed by atoms with Crippen molar-refractivity contribution >= 4 is 41.5 Å². The van der Waals surface area contributed by atoms with Crippen molar-refractivity contribution in [2.24, 2.45) is 4.99 Å². The minimum atomic E-state index is 0. The predicted molar refractivity (Wildman–Crippen MR) is 129 cm³/mol. The number of ether oxygens (including phenoxy) is 2. The number of halogens is 2. The third kappa shape index (κ3) is 5.79. The molecule has 2 heterocycles. The molecule has 0 unspecified atom stereocenters. The summed E-state index contributed by atoms with van der Waals surface area (Å²) >= 11 is 5.92. The number of aliphatic imine (C=N–C) groups is 1. The Morgan fingerprint density at radius 3 is 2.71 bits per heavy atom. The van der Waals surface area contributed by atoms with Crippen LogP contribution in [0.15, 0.2) is 52.0 Å². The molecule has 0 saturated carbocycles. The molecule has 0 saturated heterocycles. The number of rotatable bonds is 6. The van der Waals surface area contributed by atoms with Crippen LogP contribution in [0.3, 0.4) is 0 Å². The van der Waals surface area contributed by atoms with Gasteiger partial charge in [0, 0.05) is 44.2 Å². The number of benzene rings is 2. The summed E-state index contributed by atoms with van der Waals surface area (Å²) in [7, 11) is 3.73. The molecule has 1 N–H and O–H groups in total. The predicted octanol–water partition coefficient (Wildman–Crippen LogP) is 3.99. The molecule has 164 valence electrons. The summed E-state index contributed by atoms with van der Waals surface area (Å²) in [5.41, 5.74) is 1.97. The van der Waals surface area contributed by atoms with Crippen molar-refractivity contribution < 1.29 is 14.0 Å². The first kappa shape index (κ1) is 23.1. The zero-order valence-electron chi connectivity index (χ0n) is 17.2. The Hall–Kier alpha value is -2.53. The van der Waals surface area contributed by atoms with E-state index in [9.17, 15) is 0 Å². The molecular formula is C21H23ClIN5O3. The van der Waals surface area contributed by atoms with Gasteiger partial charge in [0.1, 0.15) is 0 Å². The van der Waals surface area contributed by atoms with Gasteiger partial charge in [-0.15, -0.1) is 24.0 Å². The summed E-state index contributed by atoms with van der Waals surface area (Å²) in [4.78, 5) is 10.8. The average molecular weight is 556 g/mol. The standard InChI is InChI=1S/C21H22ClN5O3.HI/c1-23-21(27(2)12-14-3-8-17-18(11-14)29-13-28-17)24-10-9-19-25-20(26-30-19)15-4-6-16(22)7-5-15;/h3-8,11H,9-10,12-13H2,1-2H3,(H,23,24);1H. The molecule has 0 radical (unpaired) electrons. The molecule has 3 aromatic rings. The molecule has 0 aliphatic carbocycles. The van der Waals surface area contributed by atoms with Crippen molar-refractivity contribution in [1.29, 1.82) is 0 Å². The number of hydrogen-bond acceptors (Lipinski definition) is 6. The van der Waals surface area contributed by atoms with Crippen LogP contribution >= 0.6 is 35.6 Å². The van der Waals surface area contributed by atoms with E-state index in [0.717, 1.165) is 28.6 Å². The molecule has 0 atom stereocenters. The second-order valence-corrected chi connectivity index (χ2v) is 7.22. The highest BCUT2D eigenvalue weighted by atomic mass is 127. The van der Waals surface area contributed by atoms with E-state index in [1.165, 1.54) is 0 Å². The first-order chi connectivity index (χ1) is 14.6. The van der Waals surface area contributed by atoms with E-state index < -0.39 is 0 Å². The molecule has 1 aliphatic rings. The Bertz CT molecular complexity index is 1040. The summed E-state index contributed by atoms with van der Waals surface area (Å²) in [6.45, 7) is 1.56. The monoisotopic (exact) mass is 555 g/mol. The zero-order valence-corrected chi connectivity index (χ0v) is 20.3. The minimum absolute atomic E-state index is 0. The summed E-state index contributed by atoms with van der Waals surface area (Å²) in [5, 5.41) is 8.02. The highest BCUT2D eigenvalue weighted by Gasteiger charge is 2.15. The van der Waals surface area contributed by atoms with Crippen LogP contribution in [0, 0.1) is 0 Å². The summed E-state index contributed by atoms with van der Waals surface area (Å²) in [6, 6.07) is 13.3. The third-order valence-corrected chi connectivity index (χ3v) is 4.87. The van der Waals surface area contributed by atoms with Crippen molar-refractivity contribution in [3.05, 3.63) is 58.9 Å². The number of fused-ring (bicyclic) bond motifs is 1. The van der Waals surface area contributed by atoms with Gasteiger partial charge in [-0.25, -0.2) is 0 Å². The van der Waals surface area contributed by atoms with Gasteiger partial charge in [-0.05, 0) is 42.0 Å². The van der Waals surface area contributed by atoms with Gasteiger partial charge < -0.3 is 24.2 Å². The van der Waals surface area contributed by atoms with Crippen LogP contribution in [0.2, 0.25) is 5.02 Å². The second-order valence-electron chi connectivity index (χ2n) is 6.79. The van der Waals surface area contributed by atoms with E-state index >= 15 is 0 Å². The fourth-order valence-corrected chi connectivity index (χ4v) is 3.25. The number of nitrogens with one attached hydrogen (secondary N) is 1. The molecular weight excluding hydrogens is 533 g/mol. The van der Waals surface area contributed by atoms with Gasteiger partial charge in [0.25, 0.3) is 0 Å². The van der Waals surface area contributed by atoms with Crippen LogP contribution in [-0.2, 0) is 13.0 Å². The molecule has 8 nitrogen and oxygen atoms in total. The smallest absolute Gasteiger partial charge is 0.231 e. The van der Waals surface area contributed by atoms with Crippen LogP contribution in [-0.4, -0.2) is 48.4 Å². The summed E-state index contributed by atoms with van der Waals surface area (Å²) < 4.78 is 16.2. The van der Waals surface area contributed by atoms with Crippen LogP contribution in [0.1, 0.15) is 11.5 Å². The lowest BCUT2D eigenvalue weighted by Gasteiger charge is -2.22. The maximum absolute atomic E-state index is 5.92. The molecule has 2 aromatic carbocycles. The largest absolute Gasteiger partial charge is 0.454 e. The quantitative estimate of drug-likeness (QED) is 0.280. The maximum Gasteiger partial charge on any atom is 0.231 e. The fraction of sp³-hybridized carbons (Fsp3) is 0.286. The van der Waals surface area contributed by atoms with E-state index in [1.54, 1.807) is 19.2 Å². The third-order valence-electron chi connectivity index (χ3n) is 4.62. The van der Waals surface area contributed by atoms with Gasteiger partial charge in [-0.3, -0.25) is 4.99 Å². The lowest BCUT2D eigenvalue weighted by Crippen LogP contribution is -2.39. The average Bonchev–Trinajstić information content (AvgIpc) is 3.41. The van der Waals surface area contributed by atoms with Crippen molar-refractivity contribution in [3.63, 3.8) is 0 Å². The molecule has 0 amide bonds. The Balaban J connectivity index is 0.00000272. The van der Waals surface area contributed by atoms with Gasteiger partial charge in [0.05, 0.1) is 0 Å². The van der Waals surface area contributed by atoms with E-state index in [1.807, 2.05) is 42.3 Å². The van der Waals surface area contributed by atoms with Crippen LogP contribution < -0.4 is 14.8 Å². The highest BCUT2D eigenvalue weighted by molar-refractivity contribution is 14.0. The number of guanidine groups is 1. The van der Waals surface area contributed by atoms with Crippen molar-refractivity contribution in [1.82, 2.24) is 20.4 Å². The molecule has 1 aliphatic heterocycles. The van der Waals surface area contributed by atoms with E-state index in [0.29, 0.717) is 36.2 Å². The van der Waals surface area contributed by atoms with E-state index in [4.69, 9.17) is 25.6 Å². The first-order valence-electron chi connectivity index (χ1n) is 9.51. The first-order valence-corrected chi connectivity index (χ1v) is 9.89. The van der Waals surface area contributed by atoms with Crippen LogP contribution in [0.25, 0.3) is 11.4 Å². The zero-order chi connectivity index (χ0) is 20.9. The second kappa shape index (κ2) is 10.7. The fourth-order valence-electron chi connectivity index (χ4n) is 3.13. The summed E-state index contributed by atoms with van der Waals surface area (Å²) in [6.07, 6.45) is 0.581. The Morgan fingerprint density at radius 2 is 1.94 bits per heavy atom.